The fraction of sp³-hybridized carbons (Fsp3) is 0.0345. The van der Waals surface area contributed by atoms with Crippen molar-refractivity contribution in [2.75, 3.05) is 4.90 Å². The van der Waals surface area contributed by atoms with Gasteiger partial charge < -0.3 is 9.32 Å². The minimum absolute atomic E-state index is 0.201. The number of allylic oxidation sites excluding steroid dienone is 3. The second-order valence-electron chi connectivity index (χ2n) is 15.6. The van der Waals surface area contributed by atoms with E-state index in [4.69, 9.17) is 4.42 Å². The number of benzene rings is 9. The Bertz CT molecular complexity index is 3150. The molecular formula is C58H41NO. The maximum absolute atomic E-state index is 6.47. The van der Waals surface area contributed by atoms with E-state index in [9.17, 15) is 0 Å². The van der Waals surface area contributed by atoms with Gasteiger partial charge in [0.1, 0.15) is 11.2 Å². The van der Waals surface area contributed by atoms with Crippen LogP contribution in [0.4, 0.5) is 11.4 Å². The first kappa shape index (κ1) is 35.5. The first-order chi connectivity index (χ1) is 29.7. The molecule has 284 valence electrons. The third-order valence-electron chi connectivity index (χ3n) is 12.0. The lowest BCUT2D eigenvalue weighted by Gasteiger charge is -2.29. The summed E-state index contributed by atoms with van der Waals surface area (Å²) in [6, 6.07) is 76.4. The van der Waals surface area contributed by atoms with Crippen LogP contribution in [-0.2, 0) is 0 Å². The van der Waals surface area contributed by atoms with Crippen molar-refractivity contribution in [3.8, 4) is 44.5 Å². The highest BCUT2D eigenvalue weighted by molar-refractivity contribution is 6.06. The van der Waals surface area contributed by atoms with Crippen molar-refractivity contribution in [1.29, 1.82) is 0 Å². The second-order valence-corrected chi connectivity index (χ2v) is 15.6. The van der Waals surface area contributed by atoms with Crippen LogP contribution in [0.25, 0.3) is 77.2 Å². The van der Waals surface area contributed by atoms with Crippen molar-refractivity contribution < 1.29 is 4.42 Å². The molecule has 1 aromatic heterocycles. The summed E-state index contributed by atoms with van der Waals surface area (Å²) in [4.78, 5) is 2.39. The van der Waals surface area contributed by atoms with Gasteiger partial charge in [-0.05, 0) is 116 Å². The molecule has 0 aliphatic heterocycles. The summed E-state index contributed by atoms with van der Waals surface area (Å²) >= 11 is 0. The average Bonchev–Trinajstić information content (AvgIpc) is 3.72. The van der Waals surface area contributed by atoms with E-state index < -0.39 is 0 Å². The zero-order valence-electron chi connectivity index (χ0n) is 33.1. The van der Waals surface area contributed by atoms with Gasteiger partial charge in [-0.25, -0.2) is 0 Å². The van der Waals surface area contributed by atoms with Gasteiger partial charge in [-0.1, -0.05) is 176 Å². The van der Waals surface area contributed by atoms with E-state index in [-0.39, 0.29) is 5.92 Å². The Hall–Kier alpha value is -7.68. The van der Waals surface area contributed by atoms with Gasteiger partial charge in [-0.3, -0.25) is 0 Å². The minimum Gasteiger partial charge on any atom is -0.456 e. The number of hydrogen-bond donors (Lipinski definition) is 0. The smallest absolute Gasteiger partial charge is 0.139 e. The monoisotopic (exact) mass is 767 g/mol. The molecule has 2 heteroatoms. The maximum Gasteiger partial charge on any atom is 0.139 e. The van der Waals surface area contributed by atoms with Gasteiger partial charge in [-0.2, -0.15) is 0 Å². The Kier molecular flexibility index (Phi) is 9.02. The molecule has 1 atom stereocenters. The standard InChI is InChI=1S/C58H41NO/c1-3-13-40(14-4-1)46-37-47(41-15-5-2-6-16-41)39-48(38-46)42-25-31-49(32-26-42)59(50-33-27-44(28-34-50)53-21-11-18-43-17-7-8-19-52(43)53)51-35-29-45(30-36-51)54-22-12-23-56-55-20-9-10-24-57(55)60-58(54)56/h1-29,31-39,45H,30H2. The molecule has 1 aliphatic rings. The first-order valence-electron chi connectivity index (χ1n) is 20.8. The summed E-state index contributed by atoms with van der Waals surface area (Å²) in [5.74, 6) is 0.201. The highest BCUT2D eigenvalue weighted by atomic mass is 16.3. The van der Waals surface area contributed by atoms with E-state index in [0.717, 1.165) is 40.0 Å². The number of rotatable bonds is 8. The molecule has 0 saturated heterocycles. The fourth-order valence-corrected chi connectivity index (χ4v) is 8.97. The molecule has 2 nitrogen and oxygen atoms in total. The zero-order chi connectivity index (χ0) is 39.8. The average molecular weight is 768 g/mol. The predicted octanol–water partition coefficient (Wildman–Crippen LogP) is 16.2. The molecule has 9 aromatic carbocycles. The van der Waals surface area contributed by atoms with E-state index in [2.05, 4.69) is 229 Å². The van der Waals surface area contributed by atoms with E-state index in [1.165, 1.54) is 66.2 Å². The van der Waals surface area contributed by atoms with Crippen molar-refractivity contribution in [3.63, 3.8) is 0 Å². The molecule has 60 heavy (non-hydrogen) atoms. The van der Waals surface area contributed by atoms with Crippen LogP contribution in [-0.4, -0.2) is 0 Å². The molecule has 1 heterocycles. The predicted molar refractivity (Wildman–Crippen MR) is 253 cm³/mol. The number of anilines is 2. The van der Waals surface area contributed by atoms with Crippen LogP contribution in [0.3, 0.4) is 0 Å². The summed E-state index contributed by atoms with van der Waals surface area (Å²) in [6.07, 6.45) is 7.88. The van der Waals surface area contributed by atoms with Gasteiger partial charge >= 0.3 is 0 Å². The Labute approximate surface area is 350 Å². The SMILES string of the molecule is C1=CC(c2cccc3c2oc2ccccc23)CC=C1N(c1ccc(-c2cc(-c3ccccc3)cc(-c3ccccc3)c2)cc1)c1ccc(-c2cccc3ccccc23)cc1. The van der Waals surface area contributed by atoms with Gasteiger partial charge in [0.15, 0.2) is 0 Å². The second kappa shape index (κ2) is 15.2. The molecule has 0 bridgehead atoms. The van der Waals surface area contributed by atoms with Crippen LogP contribution in [0, 0.1) is 0 Å². The highest BCUT2D eigenvalue weighted by Gasteiger charge is 2.22. The van der Waals surface area contributed by atoms with Gasteiger partial charge in [0.2, 0.25) is 0 Å². The van der Waals surface area contributed by atoms with E-state index in [0.29, 0.717) is 0 Å². The highest BCUT2D eigenvalue weighted by Crippen LogP contribution is 2.41. The first-order valence-corrected chi connectivity index (χ1v) is 20.8. The van der Waals surface area contributed by atoms with Crippen LogP contribution in [0.15, 0.2) is 241 Å². The van der Waals surface area contributed by atoms with E-state index in [1.54, 1.807) is 0 Å². The molecule has 0 spiro atoms. The van der Waals surface area contributed by atoms with Crippen LogP contribution in [0.1, 0.15) is 17.9 Å². The molecule has 11 rings (SSSR count). The van der Waals surface area contributed by atoms with Crippen molar-refractivity contribution in [2.45, 2.75) is 12.3 Å². The molecule has 10 aromatic rings. The number of hydrogen-bond acceptors (Lipinski definition) is 2. The van der Waals surface area contributed by atoms with Crippen LogP contribution in [0.2, 0.25) is 0 Å². The largest absolute Gasteiger partial charge is 0.456 e. The zero-order valence-corrected chi connectivity index (χ0v) is 33.1. The fourth-order valence-electron chi connectivity index (χ4n) is 8.97. The summed E-state index contributed by atoms with van der Waals surface area (Å²) in [5, 5.41) is 4.84. The Balaban J connectivity index is 0.973. The Morgan fingerprint density at radius 2 is 0.950 bits per heavy atom. The summed E-state index contributed by atoms with van der Waals surface area (Å²) in [6.45, 7) is 0. The number of para-hydroxylation sites is 2. The quantitative estimate of drug-likeness (QED) is 0.153. The maximum atomic E-state index is 6.47. The lowest BCUT2D eigenvalue weighted by molar-refractivity contribution is 0.657. The number of furan rings is 1. The van der Waals surface area contributed by atoms with Crippen molar-refractivity contribution in [3.05, 3.63) is 242 Å². The van der Waals surface area contributed by atoms with E-state index in [1.807, 2.05) is 6.07 Å². The molecule has 0 saturated carbocycles. The normalized spacial score (nSPS) is 13.8. The van der Waals surface area contributed by atoms with Crippen LogP contribution >= 0.6 is 0 Å². The van der Waals surface area contributed by atoms with Crippen LogP contribution in [0.5, 0.6) is 0 Å². The number of fused-ring (bicyclic) bond motifs is 4. The molecule has 1 unspecified atom stereocenters. The summed E-state index contributed by atoms with van der Waals surface area (Å²) in [5.41, 5.74) is 16.1. The lowest BCUT2D eigenvalue weighted by Crippen LogP contribution is -2.17. The van der Waals surface area contributed by atoms with Gasteiger partial charge in [0, 0.05) is 39.3 Å². The third kappa shape index (κ3) is 6.59. The molecule has 0 radical (unpaired) electrons. The van der Waals surface area contributed by atoms with Crippen molar-refractivity contribution in [2.24, 2.45) is 0 Å². The summed E-state index contributed by atoms with van der Waals surface area (Å²) in [7, 11) is 0. The Morgan fingerprint density at radius 3 is 1.60 bits per heavy atom. The van der Waals surface area contributed by atoms with Gasteiger partial charge in [-0.15, -0.1) is 0 Å². The topological polar surface area (TPSA) is 16.4 Å². The molecule has 0 fully saturated rings. The van der Waals surface area contributed by atoms with Crippen molar-refractivity contribution >= 4 is 44.1 Å². The minimum atomic E-state index is 0.201. The third-order valence-corrected chi connectivity index (χ3v) is 12.0. The molecule has 1 aliphatic carbocycles. The molecular weight excluding hydrogens is 727 g/mol. The van der Waals surface area contributed by atoms with Gasteiger partial charge in [0.05, 0.1) is 0 Å². The van der Waals surface area contributed by atoms with Crippen molar-refractivity contribution in [1.82, 2.24) is 0 Å². The molecule has 0 N–H and O–H groups in total. The van der Waals surface area contributed by atoms with Crippen LogP contribution < -0.4 is 4.90 Å². The molecule has 0 amide bonds. The Morgan fingerprint density at radius 1 is 0.417 bits per heavy atom. The lowest BCUT2D eigenvalue weighted by atomic mass is 9.90. The van der Waals surface area contributed by atoms with E-state index >= 15 is 0 Å². The van der Waals surface area contributed by atoms with Gasteiger partial charge in [0.25, 0.3) is 0 Å². The summed E-state index contributed by atoms with van der Waals surface area (Å²) < 4.78 is 6.47. The number of nitrogens with zero attached hydrogens (tertiary/aromatic N) is 1.